The average Bonchev–Trinajstić information content (AvgIpc) is 2.38. The van der Waals surface area contributed by atoms with Gasteiger partial charge < -0.3 is 11.1 Å². The monoisotopic (exact) mass is 287 g/mol. The third kappa shape index (κ3) is 4.07. The van der Waals surface area contributed by atoms with Gasteiger partial charge in [0.15, 0.2) is 0 Å². The molecule has 1 aliphatic heterocycles. The molecule has 1 amide bonds. The second-order valence-electron chi connectivity index (χ2n) is 4.23. The Labute approximate surface area is 118 Å². The first-order chi connectivity index (χ1) is 8.27. The van der Waals surface area contributed by atoms with Gasteiger partial charge in [0.1, 0.15) is 0 Å². The van der Waals surface area contributed by atoms with Crippen LogP contribution in [-0.2, 0) is 0 Å². The fourth-order valence-electron chi connectivity index (χ4n) is 1.88. The number of hydrogen-bond acceptors (Lipinski definition) is 4. The number of rotatable bonds is 3. The van der Waals surface area contributed by atoms with Gasteiger partial charge in [0.2, 0.25) is 0 Å². The molecule has 0 radical (unpaired) electrons. The summed E-state index contributed by atoms with van der Waals surface area (Å²) in [6, 6.07) is 1.65. The summed E-state index contributed by atoms with van der Waals surface area (Å²) in [6.45, 7) is 0.744. The molecule has 6 heteroatoms. The smallest absolute Gasteiger partial charge is 0.254 e. The highest BCUT2D eigenvalue weighted by atomic mass is 35.5. The molecule has 1 aromatic rings. The highest BCUT2D eigenvalue weighted by molar-refractivity contribution is 7.99. The molecule has 1 saturated heterocycles. The maximum atomic E-state index is 11.9. The summed E-state index contributed by atoms with van der Waals surface area (Å²) >= 11 is 1.99. The van der Waals surface area contributed by atoms with Crippen LogP contribution < -0.4 is 11.1 Å². The van der Waals surface area contributed by atoms with Gasteiger partial charge in [0.25, 0.3) is 5.91 Å². The number of halogens is 1. The average molecular weight is 288 g/mol. The first kappa shape index (κ1) is 15.1. The van der Waals surface area contributed by atoms with Crippen molar-refractivity contribution in [2.75, 3.05) is 23.8 Å². The van der Waals surface area contributed by atoms with Crippen LogP contribution in [0.3, 0.4) is 0 Å². The van der Waals surface area contributed by atoms with Gasteiger partial charge in [0, 0.05) is 24.6 Å². The lowest BCUT2D eigenvalue weighted by molar-refractivity contribution is 0.0947. The Bertz CT molecular complexity index is 397. The van der Waals surface area contributed by atoms with Crippen LogP contribution in [0.25, 0.3) is 0 Å². The predicted octanol–water partition coefficient (Wildman–Crippen LogP) is 1.96. The van der Waals surface area contributed by atoms with Crippen molar-refractivity contribution >= 4 is 35.8 Å². The number of carbonyl (C=O) groups excluding carboxylic acids is 1. The molecule has 0 unspecified atom stereocenters. The lowest BCUT2D eigenvalue weighted by Gasteiger charge is -2.21. The minimum Gasteiger partial charge on any atom is -0.398 e. The number of amides is 1. The van der Waals surface area contributed by atoms with Crippen molar-refractivity contribution in [2.45, 2.75) is 12.8 Å². The van der Waals surface area contributed by atoms with Gasteiger partial charge in [-0.3, -0.25) is 9.78 Å². The first-order valence-electron chi connectivity index (χ1n) is 5.83. The van der Waals surface area contributed by atoms with E-state index in [0.717, 1.165) is 6.54 Å². The Kier molecular flexibility index (Phi) is 6.29. The van der Waals surface area contributed by atoms with Gasteiger partial charge in [-0.05, 0) is 36.3 Å². The number of nitrogen functional groups attached to an aromatic ring is 1. The Morgan fingerprint density at radius 2 is 2.22 bits per heavy atom. The quantitative estimate of drug-likeness (QED) is 0.892. The van der Waals surface area contributed by atoms with Crippen LogP contribution in [0, 0.1) is 5.92 Å². The number of nitrogens with zero attached hydrogens (tertiary/aromatic N) is 1. The van der Waals surface area contributed by atoms with E-state index in [1.165, 1.54) is 30.5 Å². The van der Waals surface area contributed by atoms with Crippen molar-refractivity contribution in [3.63, 3.8) is 0 Å². The summed E-state index contributed by atoms with van der Waals surface area (Å²) in [6.07, 6.45) is 5.48. The Hall–Kier alpha value is -0.940. The molecule has 0 saturated carbocycles. The molecule has 0 spiro atoms. The van der Waals surface area contributed by atoms with Gasteiger partial charge in [-0.25, -0.2) is 0 Å². The number of hydrogen-bond donors (Lipinski definition) is 2. The van der Waals surface area contributed by atoms with Crippen molar-refractivity contribution in [2.24, 2.45) is 5.92 Å². The molecule has 0 aromatic carbocycles. The molecule has 0 atom stereocenters. The van der Waals surface area contributed by atoms with E-state index in [4.69, 9.17) is 5.73 Å². The fourth-order valence-corrected chi connectivity index (χ4v) is 3.08. The summed E-state index contributed by atoms with van der Waals surface area (Å²) in [7, 11) is 0. The largest absolute Gasteiger partial charge is 0.398 e. The molecule has 0 aliphatic carbocycles. The molecule has 1 aliphatic rings. The number of carbonyl (C=O) groups is 1. The number of nitrogens with two attached hydrogens (primary N) is 1. The second-order valence-corrected chi connectivity index (χ2v) is 5.45. The first-order valence-corrected chi connectivity index (χ1v) is 6.98. The van der Waals surface area contributed by atoms with Crippen molar-refractivity contribution in [1.82, 2.24) is 10.3 Å². The van der Waals surface area contributed by atoms with Gasteiger partial charge in [-0.2, -0.15) is 11.8 Å². The summed E-state index contributed by atoms with van der Waals surface area (Å²) in [4.78, 5) is 15.8. The molecular weight excluding hydrogens is 270 g/mol. The van der Waals surface area contributed by atoms with Crippen molar-refractivity contribution in [3.8, 4) is 0 Å². The van der Waals surface area contributed by atoms with Crippen LogP contribution in [0.1, 0.15) is 23.2 Å². The zero-order chi connectivity index (χ0) is 12.1. The molecule has 1 aromatic heterocycles. The SMILES string of the molecule is Cl.Nc1ccncc1C(=O)NCC1CCSCC1. The zero-order valence-corrected chi connectivity index (χ0v) is 11.7. The molecule has 3 N–H and O–H groups in total. The fraction of sp³-hybridized carbons (Fsp3) is 0.500. The third-order valence-electron chi connectivity index (χ3n) is 2.99. The van der Waals surface area contributed by atoms with Crippen LogP contribution in [0.4, 0.5) is 5.69 Å². The number of aromatic nitrogens is 1. The van der Waals surface area contributed by atoms with E-state index >= 15 is 0 Å². The highest BCUT2D eigenvalue weighted by Gasteiger charge is 2.16. The van der Waals surface area contributed by atoms with E-state index < -0.39 is 0 Å². The topological polar surface area (TPSA) is 68.0 Å². The van der Waals surface area contributed by atoms with E-state index in [9.17, 15) is 4.79 Å². The maximum Gasteiger partial charge on any atom is 0.254 e. The molecule has 0 bridgehead atoms. The normalized spacial score (nSPS) is 15.8. The summed E-state index contributed by atoms with van der Waals surface area (Å²) in [5, 5.41) is 2.94. The predicted molar refractivity (Wildman–Crippen MR) is 78.3 cm³/mol. The number of thioether (sulfide) groups is 1. The highest BCUT2D eigenvalue weighted by Crippen LogP contribution is 2.22. The van der Waals surface area contributed by atoms with Crippen LogP contribution in [0.15, 0.2) is 18.5 Å². The molecular formula is C12H18ClN3OS. The minimum absolute atomic E-state index is 0. The Balaban J connectivity index is 0.00000162. The van der Waals surface area contributed by atoms with Crippen LogP contribution in [-0.4, -0.2) is 28.9 Å². The molecule has 18 heavy (non-hydrogen) atoms. The van der Waals surface area contributed by atoms with E-state index in [1.54, 1.807) is 12.3 Å². The lowest BCUT2D eigenvalue weighted by atomic mass is 10.0. The lowest BCUT2D eigenvalue weighted by Crippen LogP contribution is -2.31. The van der Waals surface area contributed by atoms with Crippen molar-refractivity contribution < 1.29 is 4.79 Å². The molecule has 4 nitrogen and oxygen atoms in total. The van der Waals surface area contributed by atoms with Gasteiger partial charge in [-0.15, -0.1) is 12.4 Å². The third-order valence-corrected chi connectivity index (χ3v) is 4.04. The molecule has 1 fully saturated rings. The van der Waals surface area contributed by atoms with Crippen LogP contribution >= 0.6 is 24.2 Å². The zero-order valence-electron chi connectivity index (χ0n) is 10.1. The van der Waals surface area contributed by atoms with Crippen LogP contribution in [0.2, 0.25) is 0 Å². The molecule has 2 rings (SSSR count). The van der Waals surface area contributed by atoms with E-state index in [2.05, 4.69) is 10.3 Å². The van der Waals surface area contributed by atoms with Crippen LogP contribution in [0.5, 0.6) is 0 Å². The van der Waals surface area contributed by atoms with Gasteiger partial charge in [-0.1, -0.05) is 0 Å². The van der Waals surface area contributed by atoms with Crippen molar-refractivity contribution in [1.29, 1.82) is 0 Å². The minimum atomic E-state index is -0.117. The molecule has 2 heterocycles. The van der Waals surface area contributed by atoms with E-state index in [0.29, 0.717) is 17.2 Å². The Morgan fingerprint density at radius 1 is 1.50 bits per heavy atom. The summed E-state index contributed by atoms with van der Waals surface area (Å²) in [5.74, 6) is 2.90. The van der Waals surface area contributed by atoms with Gasteiger partial charge >= 0.3 is 0 Å². The standard InChI is InChI=1S/C12H17N3OS.ClH/c13-11-1-4-14-8-10(11)12(16)15-7-9-2-5-17-6-3-9;/h1,4,8-9H,2-3,5-7H2,(H2,13,14)(H,15,16);1H. The maximum absolute atomic E-state index is 11.9. The van der Waals surface area contributed by atoms with Crippen molar-refractivity contribution in [3.05, 3.63) is 24.0 Å². The second kappa shape index (κ2) is 7.48. The Morgan fingerprint density at radius 3 is 2.89 bits per heavy atom. The summed E-state index contributed by atoms with van der Waals surface area (Å²) in [5.41, 5.74) is 6.68. The number of anilines is 1. The van der Waals surface area contributed by atoms with E-state index in [1.807, 2.05) is 11.8 Å². The molecule has 100 valence electrons. The van der Waals surface area contributed by atoms with Gasteiger partial charge in [0.05, 0.1) is 5.56 Å². The van der Waals surface area contributed by atoms with E-state index in [-0.39, 0.29) is 18.3 Å². The number of pyridine rings is 1. The number of nitrogens with one attached hydrogen (secondary N) is 1. The summed E-state index contributed by atoms with van der Waals surface area (Å²) < 4.78 is 0.